The summed E-state index contributed by atoms with van der Waals surface area (Å²) in [5.74, 6) is 0.523. The van der Waals surface area contributed by atoms with Gasteiger partial charge in [0.25, 0.3) is 5.91 Å². The monoisotopic (exact) mass is 312 g/mol. The molecule has 4 rings (SSSR count). The Hall–Kier alpha value is -2.37. The van der Waals surface area contributed by atoms with Gasteiger partial charge in [0.1, 0.15) is 0 Å². The number of nitrogens with one attached hydrogen (secondary N) is 2. The molecular formula is C17H20N4O2. The molecule has 6 nitrogen and oxygen atoms in total. The Morgan fingerprint density at radius 2 is 1.96 bits per heavy atom. The number of benzene rings is 1. The number of likely N-dealkylation sites (tertiary alicyclic amines) is 1. The van der Waals surface area contributed by atoms with Gasteiger partial charge in [-0.2, -0.15) is 0 Å². The fourth-order valence-electron chi connectivity index (χ4n) is 3.18. The van der Waals surface area contributed by atoms with Gasteiger partial charge in [0.15, 0.2) is 0 Å². The zero-order valence-electron chi connectivity index (χ0n) is 12.9. The van der Waals surface area contributed by atoms with Crippen molar-refractivity contribution in [3.63, 3.8) is 0 Å². The first kappa shape index (κ1) is 14.2. The second-order valence-corrected chi connectivity index (χ2v) is 6.48. The van der Waals surface area contributed by atoms with Crippen molar-refractivity contribution in [2.75, 3.05) is 13.1 Å². The molecule has 2 aromatic rings. The van der Waals surface area contributed by atoms with Crippen molar-refractivity contribution in [2.24, 2.45) is 5.92 Å². The highest BCUT2D eigenvalue weighted by atomic mass is 16.2. The van der Waals surface area contributed by atoms with E-state index in [-0.39, 0.29) is 17.9 Å². The molecule has 1 aromatic carbocycles. The maximum absolute atomic E-state index is 12.4. The maximum atomic E-state index is 12.4. The number of hydrogen-bond donors (Lipinski definition) is 2. The van der Waals surface area contributed by atoms with Crippen LogP contribution in [-0.4, -0.2) is 45.8 Å². The molecule has 120 valence electrons. The standard InChI is InChI=1S/C17H20N4O2/c22-16(12-3-4-14-15(9-12)19-10-18-14)20-13-5-7-21(8-6-13)17(23)11-1-2-11/h3-4,9-11,13H,1-2,5-8H2,(H,18,19)(H,20,22). The van der Waals surface area contributed by atoms with Crippen molar-refractivity contribution in [1.29, 1.82) is 0 Å². The average molecular weight is 312 g/mol. The van der Waals surface area contributed by atoms with E-state index in [2.05, 4.69) is 15.3 Å². The largest absolute Gasteiger partial charge is 0.349 e. The van der Waals surface area contributed by atoms with E-state index in [0.29, 0.717) is 11.5 Å². The van der Waals surface area contributed by atoms with Gasteiger partial charge in [-0.05, 0) is 43.9 Å². The predicted molar refractivity (Wildman–Crippen MR) is 85.9 cm³/mol. The number of amides is 2. The summed E-state index contributed by atoms with van der Waals surface area (Å²) < 4.78 is 0. The average Bonchev–Trinajstić information content (AvgIpc) is 3.32. The minimum atomic E-state index is -0.0616. The van der Waals surface area contributed by atoms with Gasteiger partial charge < -0.3 is 15.2 Å². The summed E-state index contributed by atoms with van der Waals surface area (Å²) in [5, 5.41) is 3.09. The van der Waals surface area contributed by atoms with Crippen molar-refractivity contribution in [3.05, 3.63) is 30.1 Å². The van der Waals surface area contributed by atoms with Gasteiger partial charge in [-0.3, -0.25) is 9.59 Å². The summed E-state index contributed by atoms with van der Waals surface area (Å²) in [7, 11) is 0. The zero-order valence-corrected chi connectivity index (χ0v) is 12.9. The SMILES string of the molecule is O=C(NC1CCN(C(=O)C2CC2)CC1)c1ccc2nc[nH]c2c1. The van der Waals surface area contributed by atoms with E-state index in [4.69, 9.17) is 0 Å². The van der Waals surface area contributed by atoms with E-state index in [0.717, 1.165) is 49.8 Å². The number of fused-ring (bicyclic) bond motifs is 1. The van der Waals surface area contributed by atoms with Crippen LogP contribution in [0.4, 0.5) is 0 Å². The Morgan fingerprint density at radius 3 is 2.70 bits per heavy atom. The Labute approximate surface area is 134 Å². The van der Waals surface area contributed by atoms with Gasteiger partial charge in [0.2, 0.25) is 5.91 Å². The number of imidazole rings is 1. The van der Waals surface area contributed by atoms with E-state index in [1.165, 1.54) is 0 Å². The number of piperidine rings is 1. The molecule has 0 radical (unpaired) electrons. The smallest absolute Gasteiger partial charge is 0.251 e. The van der Waals surface area contributed by atoms with E-state index in [1.807, 2.05) is 17.0 Å². The molecular weight excluding hydrogens is 292 g/mol. The first-order valence-electron chi connectivity index (χ1n) is 8.23. The van der Waals surface area contributed by atoms with E-state index in [1.54, 1.807) is 12.4 Å². The minimum absolute atomic E-state index is 0.0616. The number of aromatic amines is 1. The van der Waals surface area contributed by atoms with Crippen molar-refractivity contribution in [2.45, 2.75) is 31.7 Å². The molecule has 23 heavy (non-hydrogen) atoms. The third kappa shape index (κ3) is 2.93. The van der Waals surface area contributed by atoms with Crippen LogP contribution in [0.5, 0.6) is 0 Å². The summed E-state index contributed by atoms with van der Waals surface area (Å²) in [4.78, 5) is 33.6. The highest BCUT2D eigenvalue weighted by Gasteiger charge is 2.35. The molecule has 2 aliphatic rings. The van der Waals surface area contributed by atoms with E-state index < -0.39 is 0 Å². The number of carbonyl (C=O) groups excluding carboxylic acids is 2. The number of aromatic nitrogens is 2. The lowest BCUT2D eigenvalue weighted by molar-refractivity contribution is -0.133. The van der Waals surface area contributed by atoms with Crippen LogP contribution < -0.4 is 5.32 Å². The fraction of sp³-hybridized carbons (Fsp3) is 0.471. The molecule has 0 bridgehead atoms. The quantitative estimate of drug-likeness (QED) is 0.905. The van der Waals surface area contributed by atoms with Gasteiger partial charge in [-0.15, -0.1) is 0 Å². The molecule has 2 fully saturated rings. The summed E-state index contributed by atoms with van der Waals surface area (Å²) in [6.07, 6.45) is 5.38. The van der Waals surface area contributed by atoms with E-state index >= 15 is 0 Å². The molecule has 1 saturated carbocycles. The summed E-state index contributed by atoms with van der Waals surface area (Å²) in [6, 6.07) is 5.61. The molecule has 0 unspecified atom stereocenters. The molecule has 1 saturated heterocycles. The summed E-state index contributed by atoms with van der Waals surface area (Å²) in [6.45, 7) is 1.50. The van der Waals surface area contributed by atoms with Gasteiger partial charge in [-0.1, -0.05) is 0 Å². The van der Waals surface area contributed by atoms with Gasteiger partial charge in [-0.25, -0.2) is 4.98 Å². The van der Waals surface area contributed by atoms with Gasteiger partial charge >= 0.3 is 0 Å². The van der Waals surface area contributed by atoms with Crippen molar-refractivity contribution >= 4 is 22.8 Å². The third-order valence-electron chi connectivity index (χ3n) is 4.75. The first-order chi connectivity index (χ1) is 11.2. The summed E-state index contributed by atoms with van der Waals surface area (Å²) in [5.41, 5.74) is 2.36. The Kier molecular flexibility index (Phi) is 3.52. The van der Waals surface area contributed by atoms with Crippen LogP contribution in [0, 0.1) is 5.92 Å². The lowest BCUT2D eigenvalue weighted by atomic mass is 10.0. The Balaban J connectivity index is 1.34. The molecule has 2 heterocycles. The summed E-state index contributed by atoms with van der Waals surface area (Å²) >= 11 is 0. The Bertz CT molecular complexity index is 742. The highest BCUT2D eigenvalue weighted by Crippen LogP contribution is 2.31. The van der Waals surface area contributed by atoms with Crippen LogP contribution in [-0.2, 0) is 4.79 Å². The minimum Gasteiger partial charge on any atom is -0.349 e. The second kappa shape index (κ2) is 5.68. The first-order valence-corrected chi connectivity index (χ1v) is 8.23. The molecule has 6 heteroatoms. The molecule has 1 aliphatic heterocycles. The fourth-order valence-corrected chi connectivity index (χ4v) is 3.18. The van der Waals surface area contributed by atoms with Gasteiger partial charge in [0.05, 0.1) is 17.4 Å². The predicted octanol–water partition coefficient (Wildman–Crippen LogP) is 1.69. The topological polar surface area (TPSA) is 78.1 Å². The van der Waals surface area contributed by atoms with Crippen LogP contribution in [0.15, 0.2) is 24.5 Å². The molecule has 2 N–H and O–H groups in total. The number of hydrogen-bond acceptors (Lipinski definition) is 3. The van der Waals surface area contributed by atoms with Crippen molar-refractivity contribution < 1.29 is 9.59 Å². The zero-order chi connectivity index (χ0) is 15.8. The molecule has 0 spiro atoms. The van der Waals surface area contributed by atoms with Crippen LogP contribution in [0.1, 0.15) is 36.0 Å². The number of H-pyrrole nitrogens is 1. The van der Waals surface area contributed by atoms with Crippen LogP contribution in [0.2, 0.25) is 0 Å². The number of nitrogens with zero attached hydrogens (tertiary/aromatic N) is 2. The third-order valence-corrected chi connectivity index (χ3v) is 4.75. The Morgan fingerprint density at radius 1 is 1.17 bits per heavy atom. The van der Waals surface area contributed by atoms with E-state index in [9.17, 15) is 9.59 Å². The number of rotatable bonds is 3. The highest BCUT2D eigenvalue weighted by molar-refractivity contribution is 5.97. The van der Waals surface area contributed by atoms with Crippen molar-refractivity contribution in [1.82, 2.24) is 20.2 Å². The lowest BCUT2D eigenvalue weighted by Crippen LogP contribution is -2.47. The van der Waals surface area contributed by atoms with Crippen LogP contribution in [0.25, 0.3) is 11.0 Å². The van der Waals surface area contributed by atoms with Gasteiger partial charge in [0, 0.05) is 30.6 Å². The normalized spacial score (nSPS) is 19.0. The second-order valence-electron chi connectivity index (χ2n) is 6.48. The van der Waals surface area contributed by atoms with Crippen LogP contribution in [0.3, 0.4) is 0 Å². The van der Waals surface area contributed by atoms with Crippen LogP contribution >= 0.6 is 0 Å². The molecule has 1 aliphatic carbocycles. The lowest BCUT2D eigenvalue weighted by Gasteiger charge is -2.32. The number of carbonyl (C=O) groups is 2. The maximum Gasteiger partial charge on any atom is 0.251 e. The van der Waals surface area contributed by atoms with Crippen molar-refractivity contribution in [3.8, 4) is 0 Å². The molecule has 2 amide bonds. The molecule has 1 aromatic heterocycles. The molecule has 0 atom stereocenters.